The normalized spacial score (nSPS) is 14.0. The quantitative estimate of drug-likeness (QED) is 0.665. The van der Waals surface area contributed by atoms with Crippen LogP contribution in [0, 0.1) is 11.8 Å². The molecule has 4 heteroatoms. The van der Waals surface area contributed by atoms with Crippen LogP contribution in [0.2, 0.25) is 0 Å². The third kappa shape index (κ3) is 8.02. The van der Waals surface area contributed by atoms with Gasteiger partial charge in [-0.3, -0.25) is 0 Å². The summed E-state index contributed by atoms with van der Waals surface area (Å²) in [4.78, 5) is 11.8. The van der Waals surface area contributed by atoms with Crippen LogP contribution in [0.5, 0.6) is 0 Å². The number of rotatable bonds is 9. The van der Waals surface area contributed by atoms with Crippen LogP contribution in [-0.4, -0.2) is 30.3 Å². The van der Waals surface area contributed by atoms with Crippen LogP contribution in [0.25, 0.3) is 0 Å². The summed E-state index contributed by atoms with van der Waals surface area (Å²) in [5.74, 6) is 0.905. The van der Waals surface area contributed by atoms with Gasteiger partial charge in [0.15, 0.2) is 0 Å². The molecule has 0 heterocycles. The first-order valence-electron chi connectivity index (χ1n) is 8.81. The number of carbonyl (C=O) groups excluding carboxylic acids is 1. The van der Waals surface area contributed by atoms with Crippen LogP contribution in [0.1, 0.15) is 74.7 Å². The van der Waals surface area contributed by atoms with Gasteiger partial charge >= 0.3 is 6.09 Å². The van der Waals surface area contributed by atoms with Crippen molar-refractivity contribution in [1.82, 2.24) is 10.6 Å². The molecular formula is C18H38N2O2. The lowest BCUT2D eigenvalue weighted by Gasteiger charge is -2.35. The zero-order valence-electron chi connectivity index (χ0n) is 16.0. The van der Waals surface area contributed by atoms with Crippen molar-refractivity contribution in [2.45, 2.75) is 85.8 Å². The second-order valence-corrected chi connectivity index (χ2v) is 7.61. The van der Waals surface area contributed by atoms with E-state index in [2.05, 4.69) is 45.3 Å². The predicted molar refractivity (Wildman–Crippen MR) is 94.2 cm³/mol. The zero-order chi connectivity index (χ0) is 17.4. The van der Waals surface area contributed by atoms with Crippen molar-refractivity contribution in [3.63, 3.8) is 0 Å². The summed E-state index contributed by atoms with van der Waals surface area (Å²) in [5, 5.41) is 6.65. The Hall–Kier alpha value is -0.770. The number of hydrogen-bond acceptors (Lipinski definition) is 3. The van der Waals surface area contributed by atoms with E-state index in [4.69, 9.17) is 4.74 Å². The van der Waals surface area contributed by atoms with E-state index in [1.54, 1.807) is 0 Å². The molecule has 4 nitrogen and oxygen atoms in total. The van der Waals surface area contributed by atoms with Gasteiger partial charge in [0.2, 0.25) is 0 Å². The van der Waals surface area contributed by atoms with Gasteiger partial charge in [-0.05, 0) is 51.9 Å². The minimum atomic E-state index is -0.447. The van der Waals surface area contributed by atoms with Crippen LogP contribution in [0.3, 0.4) is 0 Å². The van der Waals surface area contributed by atoms with Crippen molar-refractivity contribution in [3.05, 3.63) is 0 Å². The average molecular weight is 315 g/mol. The van der Waals surface area contributed by atoms with E-state index < -0.39 is 5.60 Å². The molecule has 0 saturated heterocycles. The lowest BCUT2D eigenvalue weighted by atomic mass is 9.87. The Morgan fingerprint density at radius 2 is 1.50 bits per heavy atom. The van der Waals surface area contributed by atoms with E-state index in [-0.39, 0.29) is 11.6 Å². The molecule has 0 aliphatic heterocycles. The molecule has 0 fully saturated rings. The topological polar surface area (TPSA) is 50.4 Å². The number of hydrogen-bond donors (Lipinski definition) is 2. The second kappa shape index (κ2) is 9.39. The molecule has 0 aliphatic rings. The summed E-state index contributed by atoms with van der Waals surface area (Å²) in [5.41, 5.74) is -0.226. The maximum atomic E-state index is 11.8. The molecule has 0 saturated carbocycles. The molecule has 0 aromatic rings. The molecule has 0 radical (unpaired) electrons. The smallest absolute Gasteiger partial charge is 0.407 e. The third-order valence-corrected chi connectivity index (χ3v) is 4.62. The van der Waals surface area contributed by atoms with Crippen LogP contribution in [-0.2, 0) is 4.74 Å². The van der Waals surface area contributed by atoms with Gasteiger partial charge < -0.3 is 15.4 Å². The van der Waals surface area contributed by atoms with Gasteiger partial charge in [-0.1, -0.05) is 34.6 Å². The summed E-state index contributed by atoms with van der Waals surface area (Å²) in [6, 6.07) is 0. The SMILES string of the molecule is CCC(CC)(CC)NCC(CNC(=O)OC(C)(C)C)C(C)C. The highest BCUT2D eigenvalue weighted by Gasteiger charge is 2.25. The highest BCUT2D eigenvalue weighted by Crippen LogP contribution is 2.20. The van der Waals surface area contributed by atoms with E-state index in [0.29, 0.717) is 18.4 Å². The average Bonchev–Trinajstić information content (AvgIpc) is 2.41. The number of carbonyl (C=O) groups is 1. The molecule has 1 atom stereocenters. The number of ether oxygens (including phenoxy) is 1. The molecule has 0 aromatic heterocycles. The summed E-state index contributed by atoms with van der Waals surface area (Å²) >= 11 is 0. The molecular weight excluding hydrogens is 276 g/mol. The maximum Gasteiger partial charge on any atom is 0.407 e. The van der Waals surface area contributed by atoms with Crippen molar-refractivity contribution in [1.29, 1.82) is 0 Å². The van der Waals surface area contributed by atoms with Crippen LogP contribution < -0.4 is 10.6 Å². The Labute approximate surface area is 137 Å². The Morgan fingerprint density at radius 3 is 1.86 bits per heavy atom. The molecule has 0 rings (SSSR count). The van der Waals surface area contributed by atoms with Crippen molar-refractivity contribution < 1.29 is 9.53 Å². The first-order valence-corrected chi connectivity index (χ1v) is 8.81. The predicted octanol–water partition coefficient (Wildman–Crippen LogP) is 4.34. The van der Waals surface area contributed by atoms with Crippen molar-refractivity contribution in [2.75, 3.05) is 13.1 Å². The van der Waals surface area contributed by atoms with Gasteiger partial charge in [-0.25, -0.2) is 4.79 Å². The Kier molecular flexibility index (Phi) is 9.06. The van der Waals surface area contributed by atoms with E-state index in [9.17, 15) is 4.79 Å². The van der Waals surface area contributed by atoms with Gasteiger partial charge in [0.05, 0.1) is 0 Å². The van der Waals surface area contributed by atoms with Gasteiger partial charge in [0, 0.05) is 18.6 Å². The van der Waals surface area contributed by atoms with E-state index in [1.165, 1.54) is 0 Å². The molecule has 2 N–H and O–H groups in total. The Bertz CT molecular complexity index is 309. The zero-order valence-corrected chi connectivity index (χ0v) is 16.0. The minimum Gasteiger partial charge on any atom is -0.444 e. The van der Waals surface area contributed by atoms with E-state index in [1.807, 2.05) is 20.8 Å². The van der Waals surface area contributed by atoms with Crippen LogP contribution >= 0.6 is 0 Å². The fourth-order valence-corrected chi connectivity index (χ4v) is 2.54. The fourth-order valence-electron chi connectivity index (χ4n) is 2.54. The van der Waals surface area contributed by atoms with Gasteiger partial charge in [-0.2, -0.15) is 0 Å². The van der Waals surface area contributed by atoms with Crippen molar-refractivity contribution in [3.8, 4) is 0 Å². The van der Waals surface area contributed by atoms with Crippen molar-refractivity contribution in [2.24, 2.45) is 11.8 Å². The molecule has 0 bridgehead atoms. The van der Waals surface area contributed by atoms with E-state index >= 15 is 0 Å². The summed E-state index contributed by atoms with van der Waals surface area (Å²) in [6.07, 6.45) is 3.06. The Morgan fingerprint density at radius 1 is 1.00 bits per heavy atom. The highest BCUT2D eigenvalue weighted by molar-refractivity contribution is 5.67. The summed E-state index contributed by atoms with van der Waals surface area (Å²) in [6.45, 7) is 18.3. The lowest BCUT2D eigenvalue weighted by Crippen LogP contribution is -2.48. The third-order valence-electron chi connectivity index (χ3n) is 4.62. The summed E-state index contributed by atoms with van der Waals surface area (Å²) < 4.78 is 5.31. The number of alkyl carbamates (subject to hydrolysis) is 1. The van der Waals surface area contributed by atoms with Crippen LogP contribution in [0.15, 0.2) is 0 Å². The van der Waals surface area contributed by atoms with E-state index in [0.717, 1.165) is 25.8 Å². The summed E-state index contributed by atoms with van der Waals surface area (Å²) in [7, 11) is 0. The largest absolute Gasteiger partial charge is 0.444 e. The number of amides is 1. The van der Waals surface area contributed by atoms with Gasteiger partial charge in [0.25, 0.3) is 0 Å². The standard InChI is InChI=1S/C18H38N2O2/c1-9-18(10-2,11-3)20-13-15(14(4)5)12-19-16(21)22-17(6,7)8/h14-15,20H,9-13H2,1-8H3,(H,19,21). The van der Waals surface area contributed by atoms with Crippen LogP contribution in [0.4, 0.5) is 4.79 Å². The molecule has 0 spiro atoms. The highest BCUT2D eigenvalue weighted by atomic mass is 16.6. The monoisotopic (exact) mass is 314 g/mol. The van der Waals surface area contributed by atoms with Crippen molar-refractivity contribution >= 4 is 6.09 Å². The minimum absolute atomic E-state index is 0.221. The van der Waals surface area contributed by atoms with Gasteiger partial charge in [0.1, 0.15) is 5.60 Å². The fraction of sp³-hybridized carbons (Fsp3) is 0.944. The lowest BCUT2D eigenvalue weighted by molar-refractivity contribution is 0.0513. The molecule has 22 heavy (non-hydrogen) atoms. The van der Waals surface area contributed by atoms with Gasteiger partial charge in [-0.15, -0.1) is 0 Å². The second-order valence-electron chi connectivity index (χ2n) is 7.61. The molecule has 1 amide bonds. The first kappa shape index (κ1) is 21.2. The number of nitrogens with one attached hydrogen (secondary N) is 2. The molecule has 0 aromatic carbocycles. The Balaban J connectivity index is 4.47. The molecule has 1 unspecified atom stereocenters. The molecule has 0 aliphatic carbocycles. The molecule has 132 valence electrons. The first-order chi connectivity index (χ1) is 10.1. The maximum absolute atomic E-state index is 11.8.